The third-order valence-corrected chi connectivity index (χ3v) is 4.50. The van der Waals surface area contributed by atoms with Gasteiger partial charge < -0.3 is 10.2 Å². The highest BCUT2D eigenvalue weighted by atomic mass is 16.1. The van der Waals surface area contributed by atoms with Crippen molar-refractivity contribution in [1.29, 1.82) is 5.26 Å². The van der Waals surface area contributed by atoms with E-state index < -0.39 is 0 Å². The summed E-state index contributed by atoms with van der Waals surface area (Å²) in [5.41, 5.74) is 4.13. The van der Waals surface area contributed by atoms with E-state index in [4.69, 9.17) is 0 Å². The lowest BCUT2D eigenvalue weighted by Crippen LogP contribution is -2.23. The van der Waals surface area contributed by atoms with Gasteiger partial charge in [-0.05, 0) is 55.5 Å². The molecular formula is C22H26N4O. The number of hydrogen-bond donors (Lipinski definition) is 1. The van der Waals surface area contributed by atoms with Crippen LogP contribution in [0.1, 0.15) is 30.5 Å². The molecule has 27 heavy (non-hydrogen) atoms. The number of para-hydroxylation sites is 1. The van der Waals surface area contributed by atoms with Crippen LogP contribution in [-0.2, 0) is 17.6 Å². The maximum absolute atomic E-state index is 12.7. The number of hydrogen-bond acceptors (Lipinski definition) is 4. The topological polar surface area (TPSA) is 69.0 Å². The Hall–Kier alpha value is -3.13. The van der Waals surface area contributed by atoms with Crippen LogP contribution in [0.3, 0.4) is 0 Å². The number of nitriles is 1. The number of amides is 1. The van der Waals surface area contributed by atoms with Crippen LogP contribution in [0.2, 0.25) is 0 Å². The molecule has 0 spiro atoms. The van der Waals surface area contributed by atoms with Gasteiger partial charge in [-0.15, -0.1) is 0 Å². The summed E-state index contributed by atoms with van der Waals surface area (Å²) in [6, 6.07) is 11.9. The van der Waals surface area contributed by atoms with Gasteiger partial charge in [-0.1, -0.05) is 25.1 Å². The number of anilines is 1. The molecule has 1 N–H and O–H groups in total. The number of nitrogens with one attached hydrogen (secondary N) is 1. The average molecular weight is 362 g/mol. The quantitative estimate of drug-likeness (QED) is 0.572. The molecule has 140 valence electrons. The average Bonchev–Trinajstić information content (AvgIpc) is 2.70. The lowest BCUT2D eigenvalue weighted by molar-refractivity contribution is -0.112. The van der Waals surface area contributed by atoms with Crippen LogP contribution in [-0.4, -0.2) is 28.9 Å². The molecule has 0 aliphatic rings. The Morgan fingerprint density at radius 3 is 2.63 bits per heavy atom. The minimum absolute atomic E-state index is 0.108. The molecule has 0 radical (unpaired) electrons. The van der Waals surface area contributed by atoms with Crippen molar-refractivity contribution in [2.75, 3.05) is 18.4 Å². The van der Waals surface area contributed by atoms with Crippen molar-refractivity contribution in [2.24, 2.45) is 0 Å². The molecule has 0 aliphatic carbocycles. The summed E-state index contributed by atoms with van der Waals surface area (Å²) < 4.78 is 0. The number of carbonyl (C=O) groups is 1. The van der Waals surface area contributed by atoms with Gasteiger partial charge in [0.1, 0.15) is 11.6 Å². The van der Waals surface area contributed by atoms with Gasteiger partial charge in [0.15, 0.2) is 0 Å². The summed E-state index contributed by atoms with van der Waals surface area (Å²) >= 11 is 0. The highest BCUT2D eigenvalue weighted by Crippen LogP contribution is 2.21. The van der Waals surface area contributed by atoms with E-state index in [-0.39, 0.29) is 11.5 Å². The minimum Gasteiger partial charge on any atom is -0.376 e. The van der Waals surface area contributed by atoms with E-state index in [2.05, 4.69) is 10.3 Å². The summed E-state index contributed by atoms with van der Waals surface area (Å²) in [7, 11) is 0. The standard InChI is InChI=1S/C22H26N4O/c1-4-19-8-6-7-17(3)21(19)25-22(27)20(15-23)16-26(5-2)14-11-18-9-12-24-13-10-18/h6-10,12-13,16H,4-5,11,14H2,1-3H3,(H,25,27)/b20-16-. The number of nitrogens with zero attached hydrogens (tertiary/aromatic N) is 3. The summed E-state index contributed by atoms with van der Waals surface area (Å²) in [6.07, 6.45) is 6.83. The highest BCUT2D eigenvalue weighted by Gasteiger charge is 2.14. The lowest BCUT2D eigenvalue weighted by Gasteiger charge is -2.19. The Kier molecular flexibility index (Phi) is 7.57. The van der Waals surface area contributed by atoms with Gasteiger partial charge in [-0.2, -0.15) is 5.26 Å². The zero-order valence-electron chi connectivity index (χ0n) is 16.2. The number of benzene rings is 1. The molecule has 5 nitrogen and oxygen atoms in total. The number of pyridine rings is 1. The molecule has 1 heterocycles. The molecule has 0 fully saturated rings. The molecule has 2 aromatic rings. The Morgan fingerprint density at radius 2 is 2.00 bits per heavy atom. The van der Waals surface area contributed by atoms with Crippen molar-refractivity contribution < 1.29 is 4.79 Å². The predicted octanol–water partition coefficient (Wildman–Crippen LogP) is 3.86. The Balaban J connectivity index is 2.11. The molecule has 1 aromatic heterocycles. The van der Waals surface area contributed by atoms with Gasteiger partial charge in [0.25, 0.3) is 5.91 Å². The predicted molar refractivity (Wildman–Crippen MR) is 108 cm³/mol. The van der Waals surface area contributed by atoms with Crippen LogP contribution in [0.4, 0.5) is 5.69 Å². The van der Waals surface area contributed by atoms with Gasteiger partial charge >= 0.3 is 0 Å². The summed E-state index contributed by atoms with van der Waals surface area (Å²) in [6.45, 7) is 7.45. The fourth-order valence-electron chi connectivity index (χ4n) is 2.84. The second-order valence-electron chi connectivity index (χ2n) is 6.31. The maximum atomic E-state index is 12.7. The van der Waals surface area contributed by atoms with Crippen molar-refractivity contribution in [3.8, 4) is 6.07 Å². The molecule has 0 atom stereocenters. The van der Waals surface area contributed by atoms with Gasteiger partial charge in [0, 0.05) is 37.4 Å². The second-order valence-corrected chi connectivity index (χ2v) is 6.31. The van der Waals surface area contributed by atoms with Crippen molar-refractivity contribution >= 4 is 11.6 Å². The van der Waals surface area contributed by atoms with Crippen LogP contribution in [0.25, 0.3) is 0 Å². The molecule has 0 saturated heterocycles. The van der Waals surface area contributed by atoms with Crippen LogP contribution in [0, 0.1) is 18.3 Å². The molecule has 2 rings (SSSR count). The normalized spacial score (nSPS) is 11.0. The molecular weight excluding hydrogens is 336 g/mol. The largest absolute Gasteiger partial charge is 0.376 e. The fraction of sp³-hybridized carbons (Fsp3) is 0.318. The van der Waals surface area contributed by atoms with E-state index in [1.807, 2.05) is 62.1 Å². The molecule has 1 amide bonds. The third kappa shape index (κ3) is 5.68. The summed E-state index contributed by atoms with van der Waals surface area (Å²) in [5.74, 6) is -0.371. The van der Waals surface area contributed by atoms with E-state index in [9.17, 15) is 10.1 Å². The molecule has 0 aliphatic heterocycles. The number of aromatic nitrogens is 1. The first-order chi connectivity index (χ1) is 13.1. The highest BCUT2D eigenvalue weighted by molar-refractivity contribution is 6.07. The van der Waals surface area contributed by atoms with E-state index >= 15 is 0 Å². The van der Waals surface area contributed by atoms with Crippen LogP contribution >= 0.6 is 0 Å². The van der Waals surface area contributed by atoms with Crippen LogP contribution in [0.5, 0.6) is 0 Å². The van der Waals surface area contributed by atoms with Gasteiger partial charge in [0.05, 0.1) is 0 Å². The Morgan fingerprint density at radius 1 is 1.26 bits per heavy atom. The second kappa shape index (κ2) is 10.1. The smallest absolute Gasteiger partial charge is 0.267 e. The molecule has 5 heteroatoms. The van der Waals surface area contributed by atoms with Gasteiger partial charge in [-0.3, -0.25) is 9.78 Å². The maximum Gasteiger partial charge on any atom is 0.267 e. The SMILES string of the molecule is CCc1cccc(C)c1NC(=O)/C(C#N)=C\N(CC)CCc1ccncc1. The summed E-state index contributed by atoms with van der Waals surface area (Å²) in [5, 5.41) is 12.4. The van der Waals surface area contributed by atoms with Gasteiger partial charge in [0.2, 0.25) is 0 Å². The molecule has 1 aromatic carbocycles. The molecule has 0 saturated carbocycles. The van der Waals surface area contributed by atoms with Crippen molar-refractivity contribution in [3.05, 3.63) is 71.2 Å². The van der Waals surface area contributed by atoms with Crippen molar-refractivity contribution in [3.63, 3.8) is 0 Å². The van der Waals surface area contributed by atoms with E-state index in [1.165, 1.54) is 5.56 Å². The lowest BCUT2D eigenvalue weighted by atomic mass is 10.1. The van der Waals surface area contributed by atoms with Gasteiger partial charge in [-0.25, -0.2) is 0 Å². The first-order valence-electron chi connectivity index (χ1n) is 9.23. The number of rotatable bonds is 8. The first-order valence-corrected chi connectivity index (χ1v) is 9.23. The number of aryl methyl sites for hydroxylation is 2. The van der Waals surface area contributed by atoms with Crippen molar-refractivity contribution in [1.82, 2.24) is 9.88 Å². The van der Waals surface area contributed by atoms with E-state index in [1.54, 1.807) is 18.6 Å². The molecule has 0 unspecified atom stereocenters. The zero-order chi connectivity index (χ0) is 19.6. The zero-order valence-corrected chi connectivity index (χ0v) is 16.2. The van der Waals surface area contributed by atoms with E-state index in [0.717, 1.165) is 36.2 Å². The van der Waals surface area contributed by atoms with Crippen LogP contribution < -0.4 is 5.32 Å². The molecule has 0 bridgehead atoms. The number of carbonyl (C=O) groups excluding carboxylic acids is 1. The minimum atomic E-state index is -0.371. The Labute approximate surface area is 161 Å². The Bertz CT molecular complexity index is 837. The third-order valence-electron chi connectivity index (χ3n) is 4.50. The first kappa shape index (κ1) is 20.2. The van der Waals surface area contributed by atoms with Crippen molar-refractivity contribution in [2.45, 2.75) is 33.6 Å². The fourth-order valence-corrected chi connectivity index (χ4v) is 2.84. The number of likely N-dealkylation sites (N-methyl/N-ethyl adjacent to an activating group) is 1. The summed E-state index contributed by atoms with van der Waals surface area (Å²) in [4.78, 5) is 18.7. The van der Waals surface area contributed by atoms with Crippen LogP contribution in [0.15, 0.2) is 54.5 Å². The van der Waals surface area contributed by atoms with E-state index in [0.29, 0.717) is 6.54 Å². The monoisotopic (exact) mass is 362 g/mol.